The van der Waals surface area contributed by atoms with Gasteiger partial charge in [-0.15, -0.1) is 0 Å². The molecular formula is C21H26N2O4S. The van der Waals surface area contributed by atoms with Crippen LogP contribution in [0.15, 0.2) is 53.4 Å². The number of amides is 1. The van der Waals surface area contributed by atoms with Crippen molar-refractivity contribution >= 4 is 21.6 Å². The van der Waals surface area contributed by atoms with E-state index in [9.17, 15) is 13.2 Å². The summed E-state index contributed by atoms with van der Waals surface area (Å²) in [5, 5.41) is 0. The third-order valence-electron chi connectivity index (χ3n) is 4.94. The van der Waals surface area contributed by atoms with Gasteiger partial charge >= 0.3 is 0 Å². The van der Waals surface area contributed by atoms with Gasteiger partial charge in [-0.1, -0.05) is 25.1 Å². The van der Waals surface area contributed by atoms with Gasteiger partial charge in [-0.05, 0) is 62.6 Å². The molecule has 0 spiro atoms. The number of hydrogen-bond donors (Lipinski definition) is 1. The second-order valence-corrected chi connectivity index (χ2v) is 8.85. The zero-order valence-electron chi connectivity index (χ0n) is 16.4. The number of nitrogens with zero attached hydrogens (tertiary/aromatic N) is 1. The molecule has 0 fully saturated rings. The molecule has 6 nitrogen and oxygen atoms in total. The number of carbonyl (C=O) groups is 1. The number of para-hydroxylation sites is 1. The van der Waals surface area contributed by atoms with Crippen molar-refractivity contribution in [3.05, 3.63) is 54.1 Å². The summed E-state index contributed by atoms with van der Waals surface area (Å²) in [5.74, 6) is 0.337. The van der Waals surface area contributed by atoms with Crippen molar-refractivity contribution in [2.45, 2.75) is 50.6 Å². The van der Waals surface area contributed by atoms with Crippen LogP contribution in [0.2, 0.25) is 0 Å². The van der Waals surface area contributed by atoms with Gasteiger partial charge in [0.25, 0.3) is 5.91 Å². The minimum Gasteiger partial charge on any atom is -0.484 e. The lowest BCUT2D eigenvalue weighted by atomic mass is 10.1. The quantitative estimate of drug-likeness (QED) is 0.772. The Morgan fingerprint density at radius 3 is 2.57 bits per heavy atom. The molecule has 0 aromatic heterocycles. The molecule has 1 N–H and O–H groups in total. The summed E-state index contributed by atoms with van der Waals surface area (Å²) < 4.78 is 32.8. The molecule has 150 valence electrons. The Balaban J connectivity index is 1.63. The van der Waals surface area contributed by atoms with E-state index in [1.54, 1.807) is 17.0 Å². The first-order valence-electron chi connectivity index (χ1n) is 9.47. The van der Waals surface area contributed by atoms with Crippen molar-refractivity contribution in [2.75, 3.05) is 11.5 Å². The minimum atomic E-state index is -3.55. The second kappa shape index (κ2) is 8.32. The first kappa shape index (κ1) is 20.4. The van der Waals surface area contributed by atoms with Gasteiger partial charge in [0.1, 0.15) is 5.75 Å². The maximum absolute atomic E-state index is 12.7. The third-order valence-corrected chi connectivity index (χ3v) is 6.55. The number of fused-ring (bicyclic) bond motifs is 1. The fourth-order valence-electron chi connectivity index (χ4n) is 3.29. The van der Waals surface area contributed by atoms with E-state index in [2.05, 4.69) is 4.72 Å². The Morgan fingerprint density at radius 2 is 1.89 bits per heavy atom. The van der Waals surface area contributed by atoms with Crippen molar-refractivity contribution in [1.82, 2.24) is 4.72 Å². The summed E-state index contributed by atoms with van der Waals surface area (Å²) in [6.07, 6.45) is 1.54. The number of benzene rings is 2. The van der Waals surface area contributed by atoms with Gasteiger partial charge in [-0.25, -0.2) is 13.1 Å². The van der Waals surface area contributed by atoms with E-state index in [1.807, 2.05) is 45.0 Å². The Bertz CT molecular complexity index is 941. The molecule has 1 aliphatic heterocycles. The van der Waals surface area contributed by atoms with Crippen molar-refractivity contribution in [1.29, 1.82) is 0 Å². The number of carbonyl (C=O) groups excluding carboxylic acids is 1. The number of nitrogens with one attached hydrogen (secondary N) is 1. The van der Waals surface area contributed by atoms with Crippen molar-refractivity contribution in [3.8, 4) is 5.75 Å². The molecule has 0 unspecified atom stereocenters. The molecular weight excluding hydrogens is 376 g/mol. The van der Waals surface area contributed by atoms with Crippen molar-refractivity contribution < 1.29 is 17.9 Å². The molecule has 2 atom stereocenters. The molecule has 2 aromatic carbocycles. The summed E-state index contributed by atoms with van der Waals surface area (Å²) in [7, 11) is -3.55. The molecule has 28 heavy (non-hydrogen) atoms. The summed E-state index contributed by atoms with van der Waals surface area (Å²) in [5.41, 5.74) is 2.09. The minimum absolute atomic E-state index is 0.0904. The lowest BCUT2D eigenvalue weighted by Gasteiger charge is -2.22. The first-order valence-corrected chi connectivity index (χ1v) is 10.9. The van der Waals surface area contributed by atoms with Gasteiger partial charge in [0, 0.05) is 17.8 Å². The van der Waals surface area contributed by atoms with Crippen molar-refractivity contribution in [3.63, 3.8) is 0 Å². The van der Waals surface area contributed by atoms with E-state index in [-0.39, 0.29) is 29.5 Å². The fraction of sp³-hybridized carbons (Fsp3) is 0.381. The molecule has 1 heterocycles. The SMILES string of the molecule is CC[C@H](C)NS(=O)(=O)c1ccc(OCC(=O)N2c3ccccc3C[C@@H]2C)cc1. The van der Waals surface area contributed by atoms with Crippen LogP contribution in [-0.2, 0) is 21.2 Å². The average molecular weight is 403 g/mol. The van der Waals surface area contributed by atoms with Crippen LogP contribution in [0.25, 0.3) is 0 Å². The predicted molar refractivity (Wildman–Crippen MR) is 109 cm³/mol. The molecule has 1 aliphatic rings. The van der Waals surface area contributed by atoms with E-state index < -0.39 is 10.0 Å². The Kier molecular flexibility index (Phi) is 6.05. The summed E-state index contributed by atoms with van der Waals surface area (Å²) in [6.45, 7) is 5.65. The lowest BCUT2D eigenvalue weighted by molar-refractivity contribution is -0.120. The predicted octanol–water partition coefficient (Wildman–Crippen LogP) is 3.12. The monoisotopic (exact) mass is 402 g/mol. The summed E-state index contributed by atoms with van der Waals surface area (Å²) >= 11 is 0. The third kappa shape index (κ3) is 4.36. The van der Waals surface area contributed by atoms with Gasteiger partial charge < -0.3 is 9.64 Å². The summed E-state index contributed by atoms with van der Waals surface area (Å²) in [6, 6.07) is 13.9. The Hall–Kier alpha value is -2.38. The molecule has 0 aliphatic carbocycles. The maximum Gasteiger partial charge on any atom is 0.265 e. The zero-order valence-corrected chi connectivity index (χ0v) is 17.2. The van der Waals surface area contributed by atoms with Crippen LogP contribution in [0.3, 0.4) is 0 Å². The average Bonchev–Trinajstić information content (AvgIpc) is 3.01. The molecule has 7 heteroatoms. The molecule has 1 amide bonds. The van der Waals surface area contributed by atoms with E-state index in [0.717, 1.165) is 17.7 Å². The molecule has 0 saturated heterocycles. The van der Waals surface area contributed by atoms with Gasteiger partial charge in [-0.3, -0.25) is 4.79 Å². The van der Waals surface area contributed by atoms with Crippen LogP contribution in [0.5, 0.6) is 5.75 Å². The largest absolute Gasteiger partial charge is 0.484 e. The topological polar surface area (TPSA) is 75.7 Å². The lowest BCUT2D eigenvalue weighted by Crippen LogP contribution is -2.39. The van der Waals surface area contributed by atoms with E-state index in [4.69, 9.17) is 4.74 Å². The highest BCUT2D eigenvalue weighted by Gasteiger charge is 2.30. The molecule has 3 rings (SSSR count). The van der Waals surface area contributed by atoms with Crippen LogP contribution in [0.4, 0.5) is 5.69 Å². The highest BCUT2D eigenvalue weighted by Crippen LogP contribution is 2.31. The number of anilines is 1. The highest BCUT2D eigenvalue weighted by atomic mass is 32.2. The van der Waals surface area contributed by atoms with Crippen LogP contribution >= 0.6 is 0 Å². The first-order chi connectivity index (χ1) is 13.3. The number of sulfonamides is 1. The van der Waals surface area contributed by atoms with Gasteiger partial charge in [-0.2, -0.15) is 0 Å². The highest BCUT2D eigenvalue weighted by molar-refractivity contribution is 7.89. The van der Waals surface area contributed by atoms with E-state index >= 15 is 0 Å². The molecule has 0 radical (unpaired) electrons. The smallest absolute Gasteiger partial charge is 0.265 e. The van der Waals surface area contributed by atoms with Crippen LogP contribution in [0, 0.1) is 0 Å². The second-order valence-electron chi connectivity index (χ2n) is 7.14. The van der Waals surface area contributed by atoms with Gasteiger partial charge in [0.05, 0.1) is 4.90 Å². The number of rotatable bonds is 7. The maximum atomic E-state index is 12.7. The Labute approximate surface area is 166 Å². The van der Waals surface area contributed by atoms with Crippen LogP contribution in [-0.4, -0.2) is 33.0 Å². The van der Waals surface area contributed by atoms with Gasteiger partial charge in [0.15, 0.2) is 6.61 Å². The van der Waals surface area contributed by atoms with E-state index in [1.165, 1.54) is 12.1 Å². The standard InChI is InChI=1S/C21H26N2O4S/c1-4-15(2)22-28(25,26)19-11-9-18(10-12-19)27-14-21(24)23-16(3)13-17-7-5-6-8-20(17)23/h5-12,15-16,22H,4,13-14H2,1-3H3/t15-,16-/m0/s1. The van der Waals surface area contributed by atoms with Crippen LogP contribution in [0.1, 0.15) is 32.8 Å². The van der Waals surface area contributed by atoms with Crippen LogP contribution < -0.4 is 14.4 Å². The fourth-order valence-corrected chi connectivity index (χ4v) is 4.62. The normalized spacial score (nSPS) is 17.2. The number of ether oxygens (including phenoxy) is 1. The van der Waals surface area contributed by atoms with Gasteiger partial charge in [0.2, 0.25) is 10.0 Å². The molecule has 0 saturated carbocycles. The molecule has 2 aromatic rings. The summed E-state index contributed by atoms with van der Waals surface area (Å²) in [4.78, 5) is 14.6. The zero-order chi connectivity index (χ0) is 20.3. The number of hydrogen-bond acceptors (Lipinski definition) is 4. The van der Waals surface area contributed by atoms with E-state index in [0.29, 0.717) is 12.2 Å². The van der Waals surface area contributed by atoms with Crippen molar-refractivity contribution in [2.24, 2.45) is 0 Å². The Morgan fingerprint density at radius 1 is 1.21 bits per heavy atom. The molecule has 0 bridgehead atoms.